The number of thiophene rings is 1. The molecule has 1 aliphatic heterocycles. The number of ether oxygens (including phenoxy) is 1. The second-order valence-electron chi connectivity index (χ2n) is 6.29. The Hall–Kier alpha value is -2.67. The van der Waals surface area contributed by atoms with E-state index < -0.39 is 0 Å². The van der Waals surface area contributed by atoms with Crippen LogP contribution in [0.2, 0.25) is 0 Å². The molecular formula is C19H19N3O3S. The molecule has 2 aromatic heterocycles. The number of carbonyl (C=O) groups is 1. The zero-order chi connectivity index (χ0) is 17.9. The first kappa shape index (κ1) is 16.8. The molecule has 0 N–H and O–H groups in total. The van der Waals surface area contributed by atoms with Gasteiger partial charge in [0, 0.05) is 30.0 Å². The van der Waals surface area contributed by atoms with Gasteiger partial charge >= 0.3 is 0 Å². The van der Waals surface area contributed by atoms with Crippen LogP contribution in [0.25, 0.3) is 0 Å². The molecule has 7 heteroatoms. The normalized spacial score (nSPS) is 14.3. The molecule has 0 atom stereocenters. The van der Waals surface area contributed by atoms with E-state index in [4.69, 9.17) is 9.26 Å². The molecule has 4 rings (SSSR count). The molecule has 0 saturated carbocycles. The highest BCUT2D eigenvalue weighted by Gasteiger charge is 2.35. The van der Waals surface area contributed by atoms with Gasteiger partial charge < -0.3 is 14.2 Å². The van der Waals surface area contributed by atoms with Crippen molar-refractivity contribution in [1.82, 2.24) is 15.0 Å². The molecular weight excluding hydrogens is 350 g/mol. The predicted octanol–water partition coefficient (Wildman–Crippen LogP) is 2.90. The molecule has 0 aliphatic carbocycles. The highest BCUT2D eigenvalue weighted by molar-refractivity contribution is 7.10. The van der Waals surface area contributed by atoms with Crippen LogP contribution in [0.5, 0.6) is 5.75 Å². The summed E-state index contributed by atoms with van der Waals surface area (Å²) in [5.74, 6) is 2.33. The van der Waals surface area contributed by atoms with Gasteiger partial charge in [-0.2, -0.15) is 4.98 Å². The number of para-hydroxylation sites is 1. The summed E-state index contributed by atoms with van der Waals surface area (Å²) in [5.41, 5.74) is 1.02. The largest absolute Gasteiger partial charge is 0.496 e. The standard InChI is InChI=1S/C19H19N3O3S/c1-24-16-7-3-2-5-13(16)9-17-20-19(25-21-17)14-11-22(12-14)18(23)10-15-6-4-8-26-15/h2-8,14H,9-12H2,1H3. The number of nitrogens with zero attached hydrogens (tertiary/aromatic N) is 3. The van der Waals surface area contributed by atoms with Crippen molar-refractivity contribution in [3.05, 3.63) is 63.9 Å². The molecule has 1 aromatic carbocycles. The van der Waals surface area contributed by atoms with Crippen molar-refractivity contribution in [3.8, 4) is 5.75 Å². The molecule has 3 aromatic rings. The Morgan fingerprint density at radius 1 is 1.31 bits per heavy atom. The fourth-order valence-corrected chi connectivity index (χ4v) is 3.73. The van der Waals surface area contributed by atoms with E-state index in [0.29, 0.717) is 37.6 Å². The number of hydrogen-bond acceptors (Lipinski definition) is 6. The van der Waals surface area contributed by atoms with Crippen LogP contribution >= 0.6 is 11.3 Å². The molecule has 26 heavy (non-hydrogen) atoms. The average Bonchev–Trinajstić information content (AvgIpc) is 3.26. The Bertz CT molecular complexity index is 885. The van der Waals surface area contributed by atoms with Crippen molar-refractivity contribution in [3.63, 3.8) is 0 Å². The summed E-state index contributed by atoms with van der Waals surface area (Å²) >= 11 is 1.61. The maximum Gasteiger partial charge on any atom is 0.233 e. The summed E-state index contributed by atoms with van der Waals surface area (Å²) in [6, 6.07) is 11.8. The van der Waals surface area contributed by atoms with E-state index in [0.717, 1.165) is 16.2 Å². The molecule has 0 bridgehead atoms. The van der Waals surface area contributed by atoms with Crippen molar-refractivity contribution in [2.24, 2.45) is 0 Å². The summed E-state index contributed by atoms with van der Waals surface area (Å²) < 4.78 is 10.8. The van der Waals surface area contributed by atoms with Gasteiger partial charge in [0.2, 0.25) is 11.8 Å². The number of benzene rings is 1. The van der Waals surface area contributed by atoms with Gasteiger partial charge in [-0.05, 0) is 17.5 Å². The molecule has 6 nitrogen and oxygen atoms in total. The summed E-state index contributed by atoms with van der Waals surface area (Å²) in [5, 5.41) is 6.07. The average molecular weight is 369 g/mol. The first-order valence-electron chi connectivity index (χ1n) is 8.47. The van der Waals surface area contributed by atoms with E-state index in [2.05, 4.69) is 10.1 Å². The number of carbonyl (C=O) groups excluding carboxylic acids is 1. The molecule has 0 unspecified atom stereocenters. The minimum absolute atomic E-state index is 0.126. The number of aromatic nitrogens is 2. The molecule has 0 spiro atoms. The fourth-order valence-electron chi connectivity index (χ4n) is 3.04. The van der Waals surface area contributed by atoms with Gasteiger partial charge in [0.1, 0.15) is 5.75 Å². The summed E-state index contributed by atoms with van der Waals surface area (Å²) in [6.07, 6.45) is 1.02. The molecule has 1 fully saturated rings. The van der Waals surface area contributed by atoms with E-state index in [-0.39, 0.29) is 11.8 Å². The lowest BCUT2D eigenvalue weighted by atomic mass is 9.99. The maximum atomic E-state index is 12.2. The minimum atomic E-state index is 0.126. The molecule has 0 radical (unpaired) electrons. The predicted molar refractivity (Wildman–Crippen MR) is 97.4 cm³/mol. The highest BCUT2D eigenvalue weighted by Crippen LogP contribution is 2.27. The Morgan fingerprint density at radius 3 is 2.92 bits per heavy atom. The highest BCUT2D eigenvalue weighted by atomic mass is 32.1. The Labute approximate surface area is 155 Å². The van der Waals surface area contributed by atoms with Crippen molar-refractivity contribution < 1.29 is 14.1 Å². The lowest BCUT2D eigenvalue weighted by Crippen LogP contribution is -2.49. The van der Waals surface area contributed by atoms with Crippen LogP contribution in [0.3, 0.4) is 0 Å². The lowest BCUT2D eigenvalue weighted by Gasteiger charge is -2.37. The van der Waals surface area contributed by atoms with Crippen LogP contribution in [0.15, 0.2) is 46.3 Å². The van der Waals surface area contributed by atoms with Gasteiger partial charge in [0.05, 0.1) is 19.4 Å². The SMILES string of the molecule is COc1ccccc1Cc1noc(C2CN(C(=O)Cc3cccs3)C2)n1. The van der Waals surface area contributed by atoms with Crippen LogP contribution < -0.4 is 4.74 Å². The molecule has 1 aliphatic rings. The van der Waals surface area contributed by atoms with Gasteiger partial charge in [-0.1, -0.05) is 29.4 Å². The first-order valence-corrected chi connectivity index (χ1v) is 9.35. The second-order valence-corrected chi connectivity index (χ2v) is 7.32. The molecule has 134 valence electrons. The first-order chi connectivity index (χ1) is 12.7. The third kappa shape index (κ3) is 3.48. The van der Waals surface area contributed by atoms with Crippen LogP contribution in [-0.4, -0.2) is 41.1 Å². The van der Waals surface area contributed by atoms with E-state index in [9.17, 15) is 4.79 Å². The third-order valence-electron chi connectivity index (χ3n) is 4.51. The topological polar surface area (TPSA) is 68.5 Å². The van der Waals surface area contributed by atoms with Gasteiger partial charge in [-0.25, -0.2) is 0 Å². The smallest absolute Gasteiger partial charge is 0.233 e. The molecule has 3 heterocycles. The zero-order valence-corrected chi connectivity index (χ0v) is 15.2. The number of rotatable bonds is 6. The summed E-state index contributed by atoms with van der Waals surface area (Å²) in [6.45, 7) is 1.28. The van der Waals surface area contributed by atoms with Crippen LogP contribution in [0.4, 0.5) is 0 Å². The lowest BCUT2D eigenvalue weighted by molar-refractivity contribution is -0.135. The van der Waals surface area contributed by atoms with Gasteiger partial charge in [0.25, 0.3) is 0 Å². The number of hydrogen-bond donors (Lipinski definition) is 0. The van der Waals surface area contributed by atoms with Crippen molar-refractivity contribution in [1.29, 1.82) is 0 Å². The Morgan fingerprint density at radius 2 is 2.15 bits per heavy atom. The Kier molecular flexibility index (Phi) is 4.71. The second kappa shape index (κ2) is 7.29. The number of amides is 1. The minimum Gasteiger partial charge on any atom is -0.496 e. The Balaban J connectivity index is 1.34. The van der Waals surface area contributed by atoms with Crippen molar-refractivity contribution in [2.75, 3.05) is 20.2 Å². The summed E-state index contributed by atoms with van der Waals surface area (Å²) in [4.78, 5) is 19.7. The summed E-state index contributed by atoms with van der Waals surface area (Å²) in [7, 11) is 1.65. The van der Waals surface area contributed by atoms with Crippen molar-refractivity contribution in [2.45, 2.75) is 18.8 Å². The third-order valence-corrected chi connectivity index (χ3v) is 5.39. The fraction of sp³-hybridized carbons (Fsp3) is 0.316. The van der Waals surface area contributed by atoms with Crippen LogP contribution in [0.1, 0.15) is 28.1 Å². The van der Waals surface area contributed by atoms with E-state index >= 15 is 0 Å². The van der Waals surface area contributed by atoms with E-state index in [1.165, 1.54) is 0 Å². The number of likely N-dealkylation sites (tertiary alicyclic amines) is 1. The monoisotopic (exact) mass is 369 g/mol. The van der Waals surface area contributed by atoms with Gasteiger partial charge in [-0.15, -0.1) is 11.3 Å². The van der Waals surface area contributed by atoms with E-state index in [1.54, 1.807) is 18.4 Å². The van der Waals surface area contributed by atoms with Crippen LogP contribution in [0, 0.1) is 0 Å². The molecule has 1 saturated heterocycles. The zero-order valence-electron chi connectivity index (χ0n) is 14.4. The van der Waals surface area contributed by atoms with Gasteiger partial charge in [-0.3, -0.25) is 4.79 Å². The molecule has 1 amide bonds. The number of methoxy groups -OCH3 is 1. The maximum absolute atomic E-state index is 12.2. The van der Waals surface area contributed by atoms with Crippen LogP contribution in [-0.2, 0) is 17.6 Å². The van der Waals surface area contributed by atoms with Gasteiger partial charge in [0.15, 0.2) is 5.82 Å². The van der Waals surface area contributed by atoms with E-state index in [1.807, 2.05) is 46.7 Å². The quantitative estimate of drug-likeness (QED) is 0.668. The van der Waals surface area contributed by atoms with Crippen molar-refractivity contribution >= 4 is 17.2 Å².